The topological polar surface area (TPSA) is 75.4 Å². The molecule has 1 aliphatic heterocycles. The molecule has 1 aromatic heterocycles. The fraction of sp³-hybridized carbons (Fsp3) is 0.312. The summed E-state index contributed by atoms with van der Waals surface area (Å²) in [6.45, 7) is 2.28. The van der Waals surface area contributed by atoms with Crippen LogP contribution in [0.25, 0.3) is 5.69 Å². The van der Waals surface area contributed by atoms with Gasteiger partial charge in [0, 0.05) is 11.0 Å². The Morgan fingerprint density at radius 1 is 1.30 bits per heavy atom. The number of hydrogen-bond donors (Lipinski definition) is 1. The van der Waals surface area contributed by atoms with E-state index in [1.807, 2.05) is 31.2 Å². The van der Waals surface area contributed by atoms with Crippen molar-refractivity contribution in [2.45, 2.75) is 25.8 Å². The monoisotopic (exact) mass is 377 g/mol. The van der Waals surface area contributed by atoms with Gasteiger partial charge in [-0.2, -0.15) is 5.10 Å². The van der Waals surface area contributed by atoms with Crippen molar-refractivity contribution in [1.29, 1.82) is 0 Å². The van der Waals surface area contributed by atoms with Crippen LogP contribution in [0.4, 0.5) is 0 Å². The van der Waals surface area contributed by atoms with Gasteiger partial charge in [0.15, 0.2) is 0 Å². The van der Waals surface area contributed by atoms with E-state index in [2.05, 4.69) is 21.0 Å². The first-order chi connectivity index (χ1) is 11.0. The largest absolute Gasteiger partial charge is 0.480 e. The van der Waals surface area contributed by atoms with Crippen LogP contribution in [0.2, 0.25) is 0 Å². The highest BCUT2D eigenvalue weighted by Crippen LogP contribution is 2.23. The summed E-state index contributed by atoms with van der Waals surface area (Å²) >= 11 is 3.38. The molecule has 0 spiro atoms. The summed E-state index contributed by atoms with van der Waals surface area (Å²) in [6.07, 6.45) is 2.72. The summed E-state index contributed by atoms with van der Waals surface area (Å²) < 4.78 is 2.65. The number of benzene rings is 1. The van der Waals surface area contributed by atoms with Crippen LogP contribution in [0.1, 0.15) is 28.9 Å². The van der Waals surface area contributed by atoms with Crippen molar-refractivity contribution in [2.75, 3.05) is 6.54 Å². The van der Waals surface area contributed by atoms with E-state index in [4.69, 9.17) is 0 Å². The Labute approximate surface area is 141 Å². The lowest BCUT2D eigenvalue weighted by Crippen LogP contribution is -2.40. The smallest absolute Gasteiger partial charge is 0.326 e. The van der Waals surface area contributed by atoms with Gasteiger partial charge in [-0.15, -0.1) is 0 Å². The second-order valence-electron chi connectivity index (χ2n) is 5.53. The zero-order chi connectivity index (χ0) is 16.6. The van der Waals surface area contributed by atoms with Crippen LogP contribution in [-0.4, -0.2) is 44.3 Å². The molecule has 1 aliphatic rings. The van der Waals surface area contributed by atoms with E-state index < -0.39 is 12.0 Å². The van der Waals surface area contributed by atoms with E-state index in [1.54, 1.807) is 4.68 Å². The predicted molar refractivity (Wildman–Crippen MR) is 87.7 cm³/mol. The van der Waals surface area contributed by atoms with Gasteiger partial charge in [0.2, 0.25) is 0 Å². The Kier molecular flexibility index (Phi) is 4.21. The Balaban J connectivity index is 1.91. The van der Waals surface area contributed by atoms with Gasteiger partial charge in [0.1, 0.15) is 6.04 Å². The van der Waals surface area contributed by atoms with Crippen molar-refractivity contribution in [2.24, 2.45) is 0 Å². The quantitative estimate of drug-likeness (QED) is 0.891. The third kappa shape index (κ3) is 2.88. The third-order valence-electron chi connectivity index (χ3n) is 4.11. The number of hydrogen-bond acceptors (Lipinski definition) is 3. The average molecular weight is 378 g/mol. The minimum atomic E-state index is -0.950. The molecular formula is C16H16BrN3O3. The molecular weight excluding hydrogens is 362 g/mol. The highest BCUT2D eigenvalue weighted by Gasteiger charge is 2.35. The van der Waals surface area contributed by atoms with E-state index in [0.29, 0.717) is 30.6 Å². The normalized spacial score (nSPS) is 17.5. The van der Waals surface area contributed by atoms with Crippen molar-refractivity contribution in [1.82, 2.24) is 14.7 Å². The Morgan fingerprint density at radius 3 is 2.65 bits per heavy atom. The molecule has 1 atom stereocenters. The number of nitrogens with zero attached hydrogens (tertiary/aromatic N) is 3. The lowest BCUT2D eigenvalue weighted by molar-refractivity contribution is -0.141. The Hall–Kier alpha value is -2.15. The molecule has 1 aromatic carbocycles. The number of aliphatic carboxylic acids is 1. The molecule has 2 heterocycles. The molecule has 1 saturated heterocycles. The first-order valence-electron chi connectivity index (χ1n) is 7.33. The molecule has 7 heteroatoms. The third-order valence-corrected chi connectivity index (χ3v) is 4.64. The first kappa shape index (κ1) is 15.7. The number of rotatable bonds is 3. The van der Waals surface area contributed by atoms with Crippen LogP contribution in [0, 0.1) is 6.92 Å². The molecule has 0 bridgehead atoms. The molecule has 1 amide bonds. The van der Waals surface area contributed by atoms with Crippen molar-refractivity contribution >= 4 is 27.8 Å². The minimum absolute atomic E-state index is 0.268. The molecule has 0 saturated carbocycles. The highest BCUT2D eigenvalue weighted by molar-refractivity contribution is 9.10. The number of carbonyl (C=O) groups is 2. The van der Waals surface area contributed by atoms with Gasteiger partial charge in [0.25, 0.3) is 5.91 Å². The van der Waals surface area contributed by atoms with E-state index in [9.17, 15) is 14.7 Å². The number of carboxylic acids is 1. The predicted octanol–water partition coefficient (Wildman–Crippen LogP) is 2.63. The van der Waals surface area contributed by atoms with Crippen LogP contribution in [0.3, 0.4) is 0 Å². The zero-order valence-electron chi connectivity index (χ0n) is 12.6. The Morgan fingerprint density at radius 2 is 2.00 bits per heavy atom. The van der Waals surface area contributed by atoms with Gasteiger partial charge in [-0.25, -0.2) is 9.48 Å². The number of amides is 1. The molecule has 0 aliphatic carbocycles. The molecule has 0 unspecified atom stereocenters. The molecule has 0 radical (unpaired) electrons. The van der Waals surface area contributed by atoms with E-state index in [0.717, 1.165) is 10.2 Å². The molecule has 3 rings (SSSR count). The number of halogens is 1. The van der Waals surface area contributed by atoms with Crippen molar-refractivity contribution < 1.29 is 14.7 Å². The van der Waals surface area contributed by atoms with Gasteiger partial charge in [-0.05, 0) is 44.0 Å². The fourth-order valence-corrected chi connectivity index (χ4v) is 3.15. The lowest BCUT2D eigenvalue weighted by atomic mass is 10.2. The molecule has 120 valence electrons. The summed E-state index contributed by atoms with van der Waals surface area (Å²) in [5.41, 5.74) is 2.00. The summed E-state index contributed by atoms with van der Waals surface area (Å²) in [5, 5.41) is 13.5. The van der Waals surface area contributed by atoms with E-state index in [1.165, 1.54) is 11.1 Å². The molecule has 2 aromatic rings. The van der Waals surface area contributed by atoms with Crippen LogP contribution >= 0.6 is 15.9 Å². The zero-order valence-corrected chi connectivity index (χ0v) is 14.2. The summed E-state index contributed by atoms with van der Waals surface area (Å²) in [5.74, 6) is -1.22. The maximum Gasteiger partial charge on any atom is 0.326 e. The van der Waals surface area contributed by atoms with E-state index in [-0.39, 0.29) is 5.91 Å². The number of aromatic nitrogens is 2. The van der Waals surface area contributed by atoms with Gasteiger partial charge in [-0.3, -0.25) is 4.79 Å². The number of likely N-dealkylation sites (tertiary alicyclic amines) is 1. The lowest BCUT2D eigenvalue weighted by Gasteiger charge is -2.21. The van der Waals surface area contributed by atoms with Gasteiger partial charge >= 0.3 is 5.97 Å². The molecule has 23 heavy (non-hydrogen) atoms. The van der Waals surface area contributed by atoms with Crippen LogP contribution in [0.5, 0.6) is 0 Å². The maximum atomic E-state index is 12.7. The van der Waals surface area contributed by atoms with Gasteiger partial charge in [-0.1, -0.05) is 15.9 Å². The molecule has 1 fully saturated rings. The standard InChI is InChI=1S/C16H16BrN3O3/c1-10-13(15(21)19-8-2-3-14(19)16(22)23)9-18-20(10)12-6-4-11(17)5-7-12/h4-7,9,14H,2-3,8H2,1H3,(H,22,23)/t14-/m0/s1. The second-order valence-corrected chi connectivity index (χ2v) is 6.44. The second kappa shape index (κ2) is 6.16. The number of carbonyl (C=O) groups excluding carboxylic acids is 1. The Bertz CT molecular complexity index is 754. The summed E-state index contributed by atoms with van der Waals surface area (Å²) in [7, 11) is 0. The van der Waals surface area contributed by atoms with Crippen molar-refractivity contribution in [3.05, 3.63) is 46.2 Å². The van der Waals surface area contributed by atoms with Crippen LogP contribution in [0.15, 0.2) is 34.9 Å². The van der Waals surface area contributed by atoms with Gasteiger partial charge < -0.3 is 10.0 Å². The van der Waals surface area contributed by atoms with E-state index >= 15 is 0 Å². The SMILES string of the molecule is Cc1c(C(=O)N2CCC[C@H]2C(=O)O)cnn1-c1ccc(Br)cc1. The maximum absolute atomic E-state index is 12.7. The average Bonchev–Trinajstić information content (AvgIpc) is 3.14. The molecule has 1 N–H and O–H groups in total. The first-order valence-corrected chi connectivity index (χ1v) is 8.12. The van der Waals surface area contributed by atoms with Crippen molar-refractivity contribution in [3.63, 3.8) is 0 Å². The van der Waals surface area contributed by atoms with Gasteiger partial charge in [0.05, 0.1) is 23.1 Å². The fourth-order valence-electron chi connectivity index (χ4n) is 2.88. The summed E-state index contributed by atoms with van der Waals surface area (Å²) in [6, 6.07) is 6.86. The molecule has 6 nitrogen and oxygen atoms in total. The van der Waals surface area contributed by atoms with Crippen LogP contribution in [-0.2, 0) is 4.79 Å². The number of carboxylic acid groups (broad SMARTS) is 1. The van der Waals surface area contributed by atoms with Crippen molar-refractivity contribution in [3.8, 4) is 5.69 Å². The van der Waals surface area contributed by atoms with Crippen LogP contribution < -0.4 is 0 Å². The highest BCUT2D eigenvalue weighted by atomic mass is 79.9. The summed E-state index contributed by atoms with van der Waals surface area (Å²) in [4.78, 5) is 25.4. The minimum Gasteiger partial charge on any atom is -0.480 e.